The van der Waals surface area contributed by atoms with Crippen molar-refractivity contribution in [3.8, 4) is 5.75 Å². The molecule has 122 valence electrons. The molecule has 0 unspecified atom stereocenters. The van der Waals surface area contributed by atoms with Crippen LogP contribution in [0.15, 0.2) is 47.4 Å². The van der Waals surface area contributed by atoms with Crippen LogP contribution < -0.4 is 14.8 Å². The summed E-state index contributed by atoms with van der Waals surface area (Å²) in [7, 11) is -2.23. The Kier molecular flexibility index (Phi) is 4.90. The van der Waals surface area contributed by atoms with Crippen LogP contribution in [0.5, 0.6) is 5.75 Å². The lowest BCUT2D eigenvalue weighted by molar-refractivity contribution is -0.114. The van der Waals surface area contributed by atoms with Gasteiger partial charge in [0, 0.05) is 6.92 Å². The molecule has 0 aliphatic carbocycles. The molecule has 0 aliphatic heterocycles. The maximum Gasteiger partial charge on any atom is 0.261 e. The molecule has 23 heavy (non-hydrogen) atoms. The summed E-state index contributed by atoms with van der Waals surface area (Å²) in [5.41, 5.74) is 1.69. The van der Waals surface area contributed by atoms with Crippen molar-refractivity contribution in [2.45, 2.75) is 18.7 Å². The minimum atomic E-state index is -3.70. The number of aryl methyl sites for hydroxylation is 1. The quantitative estimate of drug-likeness (QED) is 0.880. The van der Waals surface area contributed by atoms with Crippen LogP contribution in [0.4, 0.5) is 11.4 Å². The van der Waals surface area contributed by atoms with Gasteiger partial charge in [-0.1, -0.05) is 17.7 Å². The van der Waals surface area contributed by atoms with Gasteiger partial charge in [0.05, 0.1) is 23.4 Å². The van der Waals surface area contributed by atoms with E-state index in [9.17, 15) is 13.2 Å². The van der Waals surface area contributed by atoms with Gasteiger partial charge in [0.1, 0.15) is 5.75 Å². The van der Waals surface area contributed by atoms with Crippen LogP contribution in [-0.4, -0.2) is 21.4 Å². The zero-order valence-electron chi connectivity index (χ0n) is 13.1. The number of rotatable bonds is 5. The molecule has 2 rings (SSSR count). The Labute approximate surface area is 135 Å². The van der Waals surface area contributed by atoms with Crippen molar-refractivity contribution < 1.29 is 17.9 Å². The fourth-order valence-electron chi connectivity index (χ4n) is 1.99. The number of ether oxygens (including phenoxy) is 1. The predicted molar refractivity (Wildman–Crippen MR) is 89.3 cm³/mol. The van der Waals surface area contributed by atoms with Gasteiger partial charge in [0.2, 0.25) is 5.91 Å². The number of carbonyl (C=O) groups excluding carboxylic acids is 1. The molecule has 2 N–H and O–H groups in total. The van der Waals surface area contributed by atoms with Crippen molar-refractivity contribution in [2.24, 2.45) is 0 Å². The lowest BCUT2D eigenvalue weighted by Crippen LogP contribution is -2.13. The SMILES string of the molecule is COc1ccc(NS(=O)(=O)c2ccc(C)cc2)cc1NC(C)=O. The third-order valence-corrected chi connectivity index (χ3v) is 4.49. The van der Waals surface area contributed by atoms with E-state index < -0.39 is 10.0 Å². The molecule has 0 aliphatic rings. The topological polar surface area (TPSA) is 84.5 Å². The summed E-state index contributed by atoms with van der Waals surface area (Å²) in [6, 6.07) is 11.2. The van der Waals surface area contributed by atoms with E-state index in [-0.39, 0.29) is 10.8 Å². The predicted octanol–water partition coefficient (Wildman–Crippen LogP) is 2.76. The van der Waals surface area contributed by atoms with Crippen molar-refractivity contribution in [3.05, 3.63) is 48.0 Å². The lowest BCUT2D eigenvalue weighted by Gasteiger charge is -2.13. The van der Waals surface area contributed by atoms with Crippen molar-refractivity contribution in [3.63, 3.8) is 0 Å². The van der Waals surface area contributed by atoms with E-state index in [1.54, 1.807) is 24.3 Å². The van der Waals surface area contributed by atoms with Gasteiger partial charge in [-0.05, 0) is 37.3 Å². The van der Waals surface area contributed by atoms with Crippen LogP contribution >= 0.6 is 0 Å². The smallest absolute Gasteiger partial charge is 0.261 e. The molecule has 2 aromatic carbocycles. The molecule has 0 saturated heterocycles. The number of carbonyl (C=O) groups is 1. The normalized spacial score (nSPS) is 10.9. The number of methoxy groups -OCH3 is 1. The highest BCUT2D eigenvalue weighted by molar-refractivity contribution is 7.92. The molecule has 0 bridgehead atoms. The molecule has 0 heterocycles. The van der Waals surface area contributed by atoms with Crippen LogP contribution in [0.1, 0.15) is 12.5 Å². The Hall–Kier alpha value is -2.54. The van der Waals surface area contributed by atoms with Gasteiger partial charge in [-0.2, -0.15) is 0 Å². The molecule has 0 radical (unpaired) electrons. The standard InChI is InChI=1S/C16H18N2O4S/c1-11-4-7-14(8-5-11)23(20,21)18-13-6-9-16(22-3)15(10-13)17-12(2)19/h4-10,18H,1-3H3,(H,17,19). The van der Waals surface area contributed by atoms with Gasteiger partial charge in [-0.3, -0.25) is 9.52 Å². The van der Waals surface area contributed by atoms with Crippen LogP contribution in [0.2, 0.25) is 0 Å². The largest absolute Gasteiger partial charge is 0.495 e. The molecule has 0 fully saturated rings. The molecule has 1 amide bonds. The number of nitrogens with one attached hydrogen (secondary N) is 2. The minimum Gasteiger partial charge on any atom is -0.495 e. The first-order valence-corrected chi connectivity index (χ1v) is 8.35. The van der Waals surface area contributed by atoms with Gasteiger partial charge in [0.15, 0.2) is 0 Å². The van der Waals surface area contributed by atoms with E-state index in [2.05, 4.69) is 10.0 Å². The molecule has 0 spiro atoms. The van der Waals surface area contributed by atoms with E-state index in [1.807, 2.05) is 6.92 Å². The van der Waals surface area contributed by atoms with Crippen LogP contribution in [-0.2, 0) is 14.8 Å². The van der Waals surface area contributed by atoms with E-state index in [4.69, 9.17) is 4.74 Å². The van der Waals surface area contributed by atoms with E-state index in [0.29, 0.717) is 17.1 Å². The maximum atomic E-state index is 12.4. The van der Waals surface area contributed by atoms with E-state index >= 15 is 0 Å². The Morgan fingerprint density at radius 1 is 1.09 bits per heavy atom. The first kappa shape index (κ1) is 16.8. The van der Waals surface area contributed by atoms with Crippen LogP contribution in [0.25, 0.3) is 0 Å². The van der Waals surface area contributed by atoms with Gasteiger partial charge in [0.25, 0.3) is 10.0 Å². The summed E-state index contributed by atoms with van der Waals surface area (Å²) in [5.74, 6) is 0.167. The number of sulfonamides is 1. The van der Waals surface area contributed by atoms with Crippen LogP contribution in [0.3, 0.4) is 0 Å². The summed E-state index contributed by atoms with van der Waals surface area (Å²) >= 11 is 0. The number of amides is 1. The fourth-order valence-corrected chi connectivity index (χ4v) is 3.04. The number of hydrogen-bond acceptors (Lipinski definition) is 4. The van der Waals surface area contributed by atoms with Gasteiger partial charge >= 0.3 is 0 Å². The Bertz CT molecular complexity index is 814. The third-order valence-electron chi connectivity index (χ3n) is 3.09. The highest BCUT2D eigenvalue weighted by Crippen LogP contribution is 2.29. The minimum absolute atomic E-state index is 0.167. The van der Waals surface area contributed by atoms with Crippen molar-refractivity contribution in [2.75, 3.05) is 17.1 Å². The summed E-state index contributed by atoms with van der Waals surface area (Å²) in [6.07, 6.45) is 0. The van der Waals surface area contributed by atoms with Gasteiger partial charge < -0.3 is 10.1 Å². The molecular formula is C16H18N2O4S. The van der Waals surface area contributed by atoms with Gasteiger partial charge in [-0.15, -0.1) is 0 Å². The summed E-state index contributed by atoms with van der Waals surface area (Å²) in [5, 5.41) is 2.60. The van der Waals surface area contributed by atoms with E-state index in [1.165, 1.54) is 32.2 Å². The summed E-state index contributed by atoms with van der Waals surface area (Å²) < 4.78 is 32.4. The van der Waals surface area contributed by atoms with Crippen molar-refractivity contribution in [1.82, 2.24) is 0 Å². The second-order valence-electron chi connectivity index (χ2n) is 5.01. The molecule has 0 aromatic heterocycles. The average Bonchev–Trinajstić information content (AvgIpc) is 2.47. The molecule has 7 heteroatoms. The summed E-state index contributed by atoms with van der Waals surface area (Å²) in [4.78, 5) is 11.4. The zero-order chi connectivity index (χ0) is 17.0. The van der Waals surface area contributed by atoms with Crippen LogP contribution in [0, 0.1) is 6.92 Å². The van der Waals surface area contributed by atoms with Crippen molar-refractivity contribution in [1.29, 1.82) is 0 Å². The highest BCUT2D eigenvalue weighted by Gasteiger charge is 2.15. The van der Waals surface area contributed by atoms with Crippen molar-refractivity contribution >= 4 is 27.3 Å². The second kappa shape index (κ2) is 6.70. The monoisotopic (exact) mass is 334 g/mol. The molecule has 6 nitrogen and oxygen atoms in total. The highest BCUT2D eigenvalue weighted by atomic mass is 32.2. The lowest BCUT2D eigenvalue weighted by atomic mass is 10.2. The molecule has 0 atom stereocenters. The Balaban J connectivity index is 2.32. The zero-order valence-corrected chi connectivity index (χ0v) is 13.9. The number of benzene rings is 2. The molecular weight excluding hydrogens is 316 g/mol. The van der Waals surface area contributed by atoms with Gasteiger partial charge in [-0.25, -0.2) is 8.42 Å². The molecule has 0 saturated carbocycles. The Morgan fingerprint density at radius 3 is 2.30 bits per heavy atom. The number of hydrogen-bond donors (Lipinski definition) is 2. The summed E-state index contributed by atoms with van der Waals surface area (Å²) in [6.45, 7) is 3.25. The first-order chi connectivity index (χ1) is 10.8. The third kappa shape index (κ3) is 4.23. The fraction of sp³-hybridized carbons (Fsp3) is 0.188. The molecule has 2 aromatic rings. The maximum absolute atomic E-state index is 12.4. The Morgan fingerprint density at radius 2 is 1.74 bits per heavy atom. The average molecular weight is 334 g/mol. The second-order valence-corrected chi connectivity index (χ2v) is 6.70. The van der Waals surface area contributed by atoms with E-state index in [0.717, 1.165) is 5.56 Å². The number of anilines is 2. The first-order valence-electron chi connectivity index (χ1n) is 6.87.